The number of carboxylic acid groups (broad SMARTS) is 1. The van der Waals surface area contributed by atoms with Crippen molar-refractivity contribution in [3.05, 3.63) is 66.5 Å². The van der Waals surface area contributed by atoms with E-state index in [-0.39, 0.29) is 5.56 Å². The summed E-state index contributed by atoms with van der Waals surface area (Å²) in [5, 5.41) is 11.0. The number of nitrogens with zero attached hydrogens (tertiary/aromatic N) is 3. The number of rotatable bonds is 2. The minimum absolute atomic E-state index is 0.220. The minimum Gasteiger partial charge on any atom is -0.478 e. The lowest BCUT2D eigenvalue weighted by Crippen LogP contribution is -1.97. The highest BCUT2D eigenvalue weighted by Crippen LogP contribution is 2.23. The Bertz CT molecular complexity index is 1020. The summed E-state index contributed by atoms with van der Waals surface area (Å²) in [7, 11) is 0. The van der Waals surface area contributed by atoms with E-state index in [1.165, 1.54) is 0 Å². The van der Waals surface area contributed by atoms with E-state index >= 15 is 0 Å². The molecule has 3 heterocycles. The van der Waals surface area contributed by atoms with Crippen molar-refractivity contribution in [1.29, 1.82) is 0 Å². The summed E-state index contributed by atoms with van der Waals surface area (Å²) in [6, 6.07) is 15.1. The van der Waals surface area contributed by atoms with E-state index in [1.807, 2.05) is 36.4 Å². The van der Waals surface area contributed by atoms with E-state index in [9.17, 15) is 9.90 Å². The maximum absolute atomic E-state index is 11.4. The van der Waals surface area contributed by atoms with Crippen molar-refractivity contribution in [3.63, 3.8) is 0 Å². The average Bonchev–Trinajstić information content (AvgIpc) is 2.94. The van der Waals surface area contributed by atoms with Gasteiger partial charge in [-0.25, -0.2) is 14.8 Å². The summed E-state index contributed by atoms with van der Waals surface area (Å²) < 4.78 is 1.71. The van der Waals surface area contributed by atoms with Crippen molar-refractivity contribution in [2.45, 2.75) is 0 Å². The second-order valence-corrected chi connectivity index (χ2v) is 4.95. The first kappa shape index (κ1) is 12.5. The molecule has 22 heavy (non-hydrogen) atoms. The Morgan fingerprint density at radius 3 is 2.77 bits per heavy atom. The van der Waals surface area contributed by atoms with Gasteiger partial charge in [-0.1, -0.05) is 18.2 Å². The monoisotopic (exact) mass is 289 g/mol. The number of hydrogen-bond acceptors (Lipinski definition) is 3. The second-order valence-electron chi connectivity index (χ2n) is 4.95. The number of aromatic nitrogens is 3. The van der Waals surface area contributed by atoms with E-state index in [0.29, 0.717) is 16.9 Å². The van der Waals surface area contributed by atoms with E-state index in [1.54, 1.807) is 29.1 Å². The predicted octanol–water partition coefficient (Wildman–Crippen LogP) is 3.27. The van der Waals surface area contributed by atoms with Gasteiger partial charge in [0, 0.05) is 23.2 Å². The highest BCUT2D eigenvalue weighted by Gasteiger charge is 2.16. The Morgan fingerprint density at radius 1 is 1.05 bits per heavy atom. The van der Waals surface area contributed by atoms with Gasteiger partial charge < -0.3 is 5.11 Å². The van der Waals surface area contributed by atoms with Gasteiger partial charge in [0.2, 0.25) is 0 Å². The normalized spacial score (nSPS) is 11.1. The van der Waals surface area contributed by atoms with Gasteiger partial charge in [0.25, 0.3) is 0 Å². The molecule has 0 fully saturated rings. The summed E-state index contributed by atoms with van der Waals surface area (Å²) in [6.45, 7) is 0. The van der Waals surface area contributed by atoms with Crippen LogP contribution in [0.2, 0.25) is 0 Å². The first-order chi connectivity index (χ1) is 10.7. The lowest BCUT2D eigenvalue weighted by Gasteiger charge is -2.05. The number of aromatic carboxylic acids is 1. The van der Waals surface area contributed by atoms with E-state index in [4.69, 9.17) is 0 Å². The molecule has 0 aliphatic rings. The molecular weight excluding hydrogens is 278 g/mol. The van der Waals surface area contributed by atoms with Crippen LogP contribution in [0.3, 0.4) is 0 Å². The van der Waals surface area contributed by atoms with Gasteiger partial charge in [0.1, 0.15) is 11.5 Å². The van der Waals surface area contributed by atoms with Crippen molar-refractivity contribution in [2.75, 3.05) is 0 Å². The SMILES string of the molecule is O=C(O)c1cn(-c2ccc3ccccc3n2)c2ncccc12. The quantitative estimate of drug-likeness (QED) is 0.615. The number of hydrogen-bond donors (Lipinski definition) is 1. The number of carboxylic acids is 1. The highest BCUT2D eigenvalue weighted by atomic mass is 16.4. The van der Waals surface area contributed by atoms with Crippen LogP contribution < -0.4 is 0 Å². The molecule has 4 rings (SSSR count). The Balaban J connectivity index is 2.01. The Hall–Kier alpha value is -3.21. The maximum atomic E-state index is 11.4. The third-order valence-corrected chi connectivity index (χ3v) is 3.62. The van der Waals surface area contributed by atoms with Crippen LogP contribution in [0.1, 0.15) is 10.4 Å². The van der Waals surface area contributed by atoms with Crippen molar-refractivity contribution in [2.24, 2.45) is 0 Å². The molecule has 106 valence electrons. The predicted molar refractivity (Wildman–Crippen MR) is 83.3 cm³/mol. The summed E-state index contributed by atoms with van der Waals surface area (Å²) >= 11 is 0. The summed E-state index contributed by atoms with van der Waals surface area (Å²) in [5.74, 6) is -0.326. The first-order valence-corrected chi connectivity index (χ1v) is 6.79. The van der Waals surface area contributed by atoms with Crippen molar-refractivity contribution in [1.82, 2.24) is 14.5 Å². The Labute approximate surface area is 125 Å². The largest absolute Gasteiger partial charge is 0.478 e. The van der Waals surface area contributed by atoms with Gasteiger partial charge in [0.15, 0.2) is 0 Å². The molecule has 0 unspecified atom stereocenters. The molecule has 3 aromatic heterocycles. The average molecular weight is 289 g/mol. The van der Waals surface area contributed by atoms with Gasteiger partial charge in [-0.15, -0.1) is 0 Å². The zero-order valence-electron chi connectivity index (χ0n) is 11.5. The first-order valence-electron chi connectivity index (χ1n) is 6.79. The fourth-order valence-electron chi connectivity index (χ4n) is 2.59. The van der Waals surface area contributed by atoms with Crippen LogP contribution in [-0.4, -0.2) is 25.6 Å². The number of benzene rings is 1. The van der Waals surface area contributed by atoms with E-state index in [0.717, 1.165) is 10.9 Å². The second kappa shape index (κ2) is 4.66. The number of fused-ring (bicyclic) bond motifs is 2. The topological polar surface area (TPSA) is 68.0 Å². The molecule has 0 aliphatic heterocycles. The lowest BCUT2D eigenvalue weighted by atomic mass is 10.2. The molecule has 0 bridgehead atoms. The van der Waals surface area contributed by atoms with Gasteiger partial charge in [-0.2, -0.15) is 0 Å². The van der Waals surface area contributed by atoms with E-state index in [2.05, 4.69) is 9.97 Å². The molecule has 0 spiro atoms. The minimum atomic E-state index is -0.975. The molecule has 0 radical (unpaired) electrons. The van der Waals surface area contributed by atoms with Crippen LogP contribution in [0.4, 0.5) is 0 Å². The zero-order chi connectivity index (χ0) is 15.1. The van der Waals surface area contributed by atoms with Crippen molar-refractivity contribution < 1.29 is 9.90 Å². The summed E-state index contributed by atoms with van der Waals surface area (Å²) in [6.07, 6.45) is 3.21. The molecule has 0 amide bonds. The van der Waals surface area contributed by atoms with Gasteiger partial charge in [-0.3, -0.25) is 4.57 Å². The van der Waals surface area contributed by atoms with Crippen LogP contribution in [-0.2, 0) is 0 Å². The third-order valence-electron chi connectivity index (χ3n) is 3.62. The maximum Gasteiger partial charge on any atom is 0.337 e. The molecule has 0 saturated heterocycles. The van der Waals surface area contributed by atoms with Gasteiger partial charge >= 0.3 is 5.97 Å². The number of pyridine rings is 2. The number of carbonyl (C=O) groups is 1. The zero-order valence-corrected chi connectivity index (χ0v) is 11.5. The fraction of sp³-hybridized carbons (Fsp3) is 0. The van der Waals surface area contributed by atoms with Crippen LogP contribution in [0.5, 0.6) is 0 Å². The molecule has 4 aromatic rings. The van der Waals surface area contributed by atoms with Crippen molar-refractivity contribution >= 4 is 27.9 Å². The standard InChI is InChI=1S/C17H11N3O2/c21-17(22)13-10-20(16-12(13)5-3-9-18-16)15-8-7-11-4-1-2-6-14(11)19-15/h1-10H,(H,21,22). The van der Waals surface area contributed by atoms with Gasteiger partial charge in [0.05, 0.1) is 11.1 Å². The van der Waals surface area contributed by atoms with Crippen LogP contribution in [0.15, 0.2) is 60.9 Å². The molecule has 0 saturated carbocycles. The molecule has 1 aromatic carbocycles. The van der Waals surface area contributed by atoms with Crippen molar-refractivity contribution in [3.8, 4) is 5.82 Å². The van der Waals surface area contributed by atoms with E-state index < -0.39 is 5.97 Å². The fourth-order valence-corrected chi connectivity index (χ4v) is 2.59. The lowest BCUT2D eigenvalue weighted by molar-refractivity contribution is 0.0699. The summed E-state index contributed by atoms with van der Waals surface area (Å²) in [5.41, 5.74) is 1.66. The van der Waals surface area contributed by atoms with Crippen LogP contribution in [0.25, 0.3) is 27.8 Å². The molecule has 0 aliphatic carbocycles. The molecule has 5 heteroatoms. The molecule has 5 nitrogen and oxygen atoms in total. The third kappa shape index (κ3) is 1.83. The molecule has 0 atom stereocenters. The Kier molecular flexibility index (Phi) is 2.66. The molecular formula is C17H11N3O2. The van der Waals surface area contributed by atoms with Crippen LogP contribution >= 0.6 is 0 Å². The Morgan fingerprint density at radius 2 is 1.91 bits per heavy atom. The molecule has 1 N–H and O–H groups in total. The summed E-state index contributed by atoms with van der Waals surface area (Å²) in [4.78, 5) is 20.3. The highest BCUT2D eigenvalue weighted by molar-refractivity contribution is 6.02. The van der Waals surface area contributed by atoms with Crippen LogP contribution in [0, 0.1) is 0 Å². The smallest absolute Gasteiger partial charge is 0.337 e. The number of para-hydroxylation sites is 1. The van der Waals surface area contributed by atoms with Gasteiger partial charge in [-0.05, 0) is 30.3 Å².